The van der Waals surface area contributed by atoms with Gasteiger partial charge in [0.1, 0.15) is 22.7 Å². The van der Waals surface area contributed by atoms with E-state index >= 15 is 0 Å². The van der Waals surface area contributed by atoms with Crippen molar-refractivity contribution in [2.75, 3.05) is 20.2 Å². The molecular weight excluding hydrogens is 404 g/mol. The lowest BCUT2D eigenvalue weighted by atomic mass is 9.82. The average Bonchev–Trinajstić information content (AvgIpc) is 2.77. The maximum atomic E-state index is 12.5. The minimum atomic E-state index is -0.527. The molecule has 1 amide bonds. The summed E-state index contributed by atoms with van der Waals surface area (Å²) in [7, 11) is 1.65. The second kappa shape index (κ2) is 8.23. The van der Waals surface area contributed by atoms with Gasteiger partial charge >= 0.3 is 6.09 Å². The molecule has 0 saturated carbocycles. The first-order valence-electron chi connectivity index (χ1n) is 10.8. The number of benzene rings is 2. The molecule has 1 spiro atoms. The van der Waals surface area contributed by atoms with Crippen LogP contribution in [0.3, 0.4) is 0 Å². The third-order valence-corrected chi connectivity index (χ3v) is 5.78. The molecule has 6 heteroatoms. The molecule has 2 aliphatic rings. The highest BCUT2D eigenvalue weighted by Gasteiger charge is 2.41. The van der Waals surface area contributed by atoms with Crippen molar-refractivity contribution in [2.24, 2.45) is 0 Å². The highest BCUT2D eigenvalue weighted by molar-refractivity contribution is 5.88. The number of amides is 1. The van der Waals surface area contributed by atoms with E-state index in [1.54, 1.807) is 12.0 Å². The van der Waals surface area contributed by atoms with Crippen LogP contribution in [-0.4, -0.2) is 42.4 Å². The quantitative estimate of drug-likeness (QED) is 0.655. The zero-order chi connectivity index (χ0) is 22.9. The number of carbonyl (C=O) groups excluding carboxylic acids is 1. The van der Waals surface area contributed by atoms with Gasteiger partial charge in [-0.15, -0.1) is 0 Å². The van der Waals surface area contributed by atoms with Crippen molar-refractivity contribution in [3.05, 3.63) is 65.2 Å². The molecular formula is C26H28N2O4. The third kappa shape index (κ3) is 4.29. The second-order valence-electron chi connectivity index (χ2n) is 9.21. The molecule has 0 radical (unpaired) electrons. The number of carbonyl (C=O) groups is 1. The summed E-state index contributed by atoms with van der Waals surface area (Å²) in [5, 5.41) is 9.17. The number of ether oxygens (including phenoxy) is 3. The Morgan fingerprint density at radius 1 is 1.12 bits per heavy atom. The predicted molar refractivity (Wildman–Crippen MR) is 122 cm³/mol. The molecule has 0 aliphatic carbocycles. The summed E-state index contributed by atoms with van der Waals surface area (Å²) in [6, 6.07) is 15.5. The standard InChI is InChI=1S/C26H28N2O4/c1-25(2,3)32-24(29)28-14-12-26(13-15-28)16-20(19-10-8-18(17-27)9-11-19)23-21(30-4)6-5-7-22(23)31-26/h5-11,16H,12-15H2,1-4H3. The Hall–Kier alpha value is -3.46. The van der Waals surface area contributed by atoms with Crippen molar-refractivity contribution in [1.82, 2.24) is 4.90 Å². The summed E-state index contributed by atoms with van der Waals surface area (Å²) in [4.78, 5) is 14.3. The Bertz CT molecular complexity index is 1080. The molecule has 4 rings (SSSR count). The summed E-state index contributed by atoms with van der Waals surface area (Å²) >= 11 is 0. The molecule has 2 aromatic carbocycles. The first-order valence-corrected chi connectivity index (χ1v) is 10.8. The van der Waals surface area contributed by atoms with Crippen LogP contribution in [-0.2, 0) is 4.74 Å². The smallest absolute Gasteiger partial charge is 0.410 e. The van der Waals surface area contributed by atoms with E-state index in [-0.39, 0.29) is 6.09 Å². The lowest BCUT2D eigenvalue weighted by Crippen LogP contribution is -2.50. The van der Waals surface area contributed by atoms with E-state index in [0.717, 1.165) is 28.2 Å². The highest BCUT2D eigenvalue weighted by Crippen LogP contribution is 2.47. The van der Waals surface area contributed by atoms with E-state index < -0.39 is 11.2 Å². The number of methoxy groups -OCH3 is 1. The van der Waals surface area contributed by atoms with Crippen LogP contribution in [0.2, 0.25) is 0 Å². The van der Waals surface area contributed by atoms with Crippen LogP contribution in [0.4, 0.5) is 4.79 Å². The van der Waals surface area contributed by atoms with Crippen molar-refractivity contribution in [3.8, 4) is 17.6 Å². The maximum absolute atomic E-state index is 12.5. The zero-order valence-corrected chi connectivity index (χ0v) is 19.0. The van der Waals surface area contributed by atoms with Crippen LogP contribution in [0, 0.1) is 11.3 Å². The van der Waals surface area contributed by atoms with Gasteiger partial charge in [0.15, 0.2) is 0 Å². The summed E-state index contributed by atoms with van der Waals surface area (Å²) in [6.07, 6.45) is 3.18. The number of nitrogens with zero attached hydrogens (tertiary/aromatic N) is 2. The van der Waals surface area contributed by atoms with Gasteiger partial charge in [-0.05, 0) is 62.2 Å². The minimum absolute atomic E-state index is 0.290. The normalized spacial score (nSPS) is 17.0. The number of nitriles is 1. The van der Waals surface area contributed by atoms with Crippen molar-refractivity contribution < 1.29 is 19.0 Å². The van der Waals surface area contributed by atoms with Crippen LogP contribution < -0.4 is 9.47 Å². The predicted octanol–water partition coefficient (Wildman–Crippen LogP) is 5.16. The fraction of sp³-hybridized carbons (Fsp3) is 0.385. The van der Waals surface area contributed by atoms with E-state index in [9.17, 15) is 10.1 Å². The molecule has 2 aliphatic heterocycles. The van der Waals surface area contributed by atoms with E-state index in [1.807, 2.05) is 63.2 Å². The van der Waals surface area contributed by atoms with Gasteiger partial charge in [0.25, 0.3) is 0 Å². The summed E-state index contributed by atoms with van der Waals surface area (Å²) in [6.45, 7) is 6.71. The van der Waals surface area contributed by atoms with Crippen LogP contribution in [0.5, 0.6) is 11.5 Å². The summed E-state index contributed by atoms with van der Waals surface area (Å²) in [5.74, 6) is 1.50. The van der Waals surface area contributed by atoms with E-state index in [1.165, 1.54) is 0 Å². The molecule has 0 N–H and O–H groups in total. The first-order chi connectivity index (χ1) is 15.2. The Labute approximate surface area is 189 Å². The van der Waals surface area contributed by atoms with Crippen molar-refractivity contribution in [1.29, 1.82) is 5.26 Å². The molecule has 6 nitrogen and oxygen atoms in total. The van der Waals surface area contributed by atoms with Gasteiger partial charge in [0.2, 0.25) is 0 Å². The minimum Gasteiger partial charge on any atom is -0.496 e. The SMILES string of the molecule is COc1cccc2c1C(c1ccc(C#N)cc1)=CC1(CCN(C(=O)OC(C)(C)C)CC1)O2. The van der Waals surface area contributed by atoms with Crippen molar-refractivity contribution >= 4 is 11.7 Å². The number of hydrogen-bond donors (Lipinski definition) is 0. The van der Waals surface area contributed by atoms with Gasteiger partial charge in [-0.2, -0.15) is 5.26 Å². The summed E-state index contributed by atoms with van der Waals surface area (Å²) in [5.41, 5.74) is 2.47. The molecule has 166 valence electrons. The Balaban J connectivity index is 1.68. The largest absolute Gasteiger partial charge is 0.496 e. The van der Waals surface area contributed by atoms with Gasteiger partial charge < -0.3 is 19.1 Å². The maximum Gasteiger partial charge on any atom is 0.410 e. The van der Waals surface area contributed by atoms with E-state index in [0.29, 0.717) is 31.5 Å². The fourth-order valence-corrected chi connectivity index (χ4v) is 4.21. The lowest BCUT2D eigenvalue weighted by molar-refractivity contribution is -0.00120. The highest BCUT2D eigenvalue weighted by atomic mass is 16.6. The van der Waals surface area contributed by atoms with Crippen LogP contribution in [0.25, 0.3) is 5.57 Å². The Morgan fingerprint density at radius 3 is 2.41 bits per heavy atom. The topological polar surface area (TPSA) is 71.8 Å². The monoisotopic (exact) mass is 432 g/mol. The number of fused-ring (bicyclic) bond motifs is 1. The molecule has 1 fully saturated rings. The van der Waals surface area contributed by atoms with Crippen LogP contribution >= 0.6 is 0 Å². The average molecular weight is 433 g/mol. The number of rotatable bonds is 2. The van der Waals surface area contributed by atoms with E-state index in [2.05, 4.69) is 12.1 Å². The van der Waals surface area contributed by atoms with Crippen molar-refractivity contribution in [3.63, 3.8) is 0 Å². The lowest BCUT2D eigenvalue weighted by Gasteiger charge is -2.43. The molecule has 2 heterocycles. The molecule has 0 aromatic heterocycles. The number of piperidine rings is 1. The Kier molecular flexibility index (Phi) is 5.60. The van der Waals surface area contributed by atoms with Gasteiger partial charge in [0.05, 0.1) is 24.3 Å². The van der Waals surface area contributed by atoms with Crippen molar-refractivity contribution in [2.45, 2.75) is 44.8 Å². The third-order valence-electron chi connectivity index (χ3n) is 5.78. The summed E-state index contributed by atoms with van der Waals surface area (Å²) < 4.78 is 17.7. The first kappa shape index (κ1) is 21.8. The number of hydrogen-bond acceptors (Lipinski definition) is 5. The van der Waals surface area contributed by atoms with Gasteiger partial charge in [0, 0.05) is 25.9 Å². The number of likely N-dealkylation sites (tertiary alicyclic amines) is 1. The molecule has 0 bridgehead atoms. The zero-order valence-electron chi connectivity index (χ0n) is 19.0. The second-order valence-corrected chi connectivity index (χ2v) is 9.21. The molecule has 0 atom stereocenters. The van der Waals surface area contributed by atoms with Crippen LogP contribution in [0.15, 0.2) is 48.5 Å². The van der Waals surface area contributed by atoms with E-state index in [4.69, 9.17) is 14.2 Å². The van der Waals surface area contributed by atoms with Crippen LogP contribution in [0.1, 0.15) is 50.3 Å². The Morgan fingerprint density at radius 2 is 1.81 bits per heavy atom. The molecule has 32 heavy (non-hydrogen) atoms. The molecule has 0 unspecified atom stereocenters. The molecule has 2 aromatic rings. The van der Waals surface area contributed by atoms with Gasteiger partial charge in [-0.3, -0.25) is 0 Å². The fourth-order valence-electron chi connectivity index (χ4n) is 4.21. The molecule has 1 saturated heterocycles. The van der Waals surface area contributed by atoms with Gasteiger partial charge in [-0.25, -0.2) is 4.79 Å². The van der Waals surface area contributed by atoms with Gasteiger partial charge in [-0.1, -0.05) is 18.2 Å².